The Hall–Kier alpha value is -3.95. The standard InChI is InChI=1S/C13H9NO2.C11H9NO.Be/c15-11-7-3-1-5-9(11)13-14-10-6-2-4-8-12(10)16-13;13-11-7-2-1-5-9(11)10-6-3-4-8-12-10;/h1-8,15H;1-8,13H;/q;;+2. The van der Waals surface area contributed by atoms with Crippen LogP contribution in [0.3, 0.4) is 0 Å². The molecule has 0 radical (unpaired) electrons. The molecule has 5 rings (SSSR count). The number of nitrogens with one attached hydrogen (secondary N) is 2. The van der Waals surface area contributed by atoms with Crippen molar-refractivity contribution >= 4 is 21.2 Å². The molecule has 5 aromatic rings. The average molecular weight is 391 g/mol. The fourth-order valence-corrected chi connectivity index (χ4v) is 2.94. The van der Waals surface area contributed by atoms with Gasteiger partial charge in [0.05, 0.1) is 5.56 Å². The van der Waals surface area contributed by atoms with Crippen LogP contribution < -0.4 is 20.2 Å². The number of pyridine rings is 1. The van der Waals surface area contributed by atoms with Gasteiger partial charge in [-0.2, -0.15) is 4.98 Å². The van der Waals surface area contributed by atoms with Gasteiger partial charge >= 0.3 is 16.0 Å². The van der Waals surface area contributed by atoms with Crippen LogP contribution in [0.5, 0.6) is 11.5 Å². The predicted octanol–water partition coefficient (Wildman–Crippen LogP) is 2.85. The summed E-state index contributed by atoms with van der Waals surface area (Å²) in [5.74, 6) is 0.509. The van der Waals surface area contributed by atoms with Crippen molar-refractivity contribution in [3.63, 3.8) is 0 Å². The molecular formula is C24H18BeN2O3+2. The number of para-hydroxylation sites is 4. The zero-order chi connectivity index (χ0) is 20.1. The normalized spacial score (nSPS) is 10.0. The van der Waals surface area contributed by atoms with E-state index in [2.05, 4.69) is 9.97 Å². The van der Waals surface area contributed by atoms with E-state index >= 15 is 0 Å². The Morgan fingerprint density at radius 2 is 1.23 bits per heavy atom. The summed E-state index contributed by atoms with van der Waals surface area (Å²) in [4.78, 5) is 6.11. The third-order valence-corrected chi connectivity index (χ3v) is 4.37. The van der Waals surface area contributed by atoms with Crippen molar-refractivity contribution < 1.29 is 24.6 Å². The van der Waals surface area contributed by atoms with E-state index in [1.54, 1.807) is 24.3 Å². The molecule has 0 bridgehead atoms. The number of oxazole rings is 1. The van der Waals surface area contributed by atoms with E-state index in [1.165, 1.54) is 6.07 Å². The summed E-state index contributed by atoms with van der Waals surface area (Å²) in [6.07, 6.45) is 1.81. The molecule has 0 spiro atoms. The van der Waals surface area contributed by atoms with Gasteiger partial charge in [0.15, 0.2) is 6.20 Å². The van der Waals surface area contributed by atoms with Gasteiger partial charge in [0.1, 0.15) is 0 Å². The molecule has 2 heterocycles. The van der Waals surface area contributed by atoms with Crippen LogP contribution in [0, 0.1) is 0 Å². The van der Waals surface area contributed by atoms with Crippen LogP contribution in [-0.2, 0) is 0 Å². The van der Waals surface area contributed by atoms with Crippen LogP contribution >= 0.6 is 0 Å². The molecule has 0 atom stereocenters. The molecule has 0 amide bonds. The summed E-state index contributed by atoms with van der Waals surface area (Å²) >= 11 is 0. The molecule has 5 nitrogen and oxygen atoms in total. The Kier molecular flexibility index (Phi) is 6.58. The second-order valence-electron chi connectivity index (χ2n) is 6.32. The van der Waals surface area contributed by atoms with E-state index in [1.807, 2.05) is 66.9 Å². The van der Waals surface area contributed by atoms with E-state index in [0.717, 1.165) is 16.8 Å². The van der Waals surface area contributed by atoms with E-state index in [-0.39, 0.29) is 21.6 Å². The summed E-state index contributed by atoms with van der Waals surface area (Å²) in [7, 11) is 0. The molecule has 0 saturated carbocycles. The molecule has 142 valence electrons. The zero-order valence-electron chi connectivity index (χ0n) is 16.2. The number of H-pyrrole nitrogens is 2. The minimum absolute atomic E-state index is 0. The topological polar surface area (TPSA) is 87.5 Å². The second-order valence-corrected chi connectivity index (χ2v) is 6.32. The van der Waals surface area contributed by atoms with Crippen LogP contribution in [-0.4, -0.2) is 10.1 Å². The average Bonchev–Trinajstić information content (AvgIpc) is 3.19. The van der Waals surface area contributed by atoms with Gasteiger partial charge in [-0.05, 0) is 24.3 Å². The molecule has 0 aliphatic rings. The predicted molar refractivity (Wildman–Crippen MR) is 111 cm³/mol. The first kappa shape index (κ1) is 20.8. The first-order chi connectivity index (χ1) is 14.2. The molecule has 0 aliphatic heterocycles. The summed E-state index contributed by atoms with van der Waals surface area (Å²) in [6, 6.07) is 27.0. The fraction of sp³-hybridized carbons (Fsp3) is 0. The molecule has 2 N–H and O–H groups in total. The number of hydrogen-bond donors (Lipinski definition) is 0. The Balaban J connectivity index is 0.000000169. The molecule has 30 heavy (non-hydrogen) atoms. The first-order valence-corrected chi connectivity index (χ1v) is 9.13. The SMILES string of the molecule is [Be+2].[O-]c1ccccc1-c1[nH+]c2ccccc2o1.[O-]c1ccccc1-c1cccc[nH+]1. The number of hydrogen-bond acceptors (Lipinski definition) is 3. The van der Waals surface area contributed by atoms with Crippen LogP contribution in [0.2, 0.25) is 0 Å². The van der Waals surface area contributed by atoms with E-state index < -0.39 is 0 Å². The van der Waals surface area contributed by atoms with Crippen LogP contribution in [0.1, 0.15) is 0 Å². The van der Waals surface area contributed by atoms with Crippen molar-refractivity contribution in [1.82, 2.24) is 0 Å². The van der Waals surface area contributed by atoms with Crippen LogP contribution in [0.15, 0.2) is 102 Å². The summed E-state index contributed by atoms with van der Waals surface area (Å²) in [5.41, 5.74) is 3.76. The Labute approximate surface area is 177 Å². The minimum Gasteiger partial charge on any atom is -0.872 e. The number of fused-ring (bicyclic) bond motifs is 1. The first-order valence-electron chi connectivity index (χ1n) is 9.13. The van der Waals surface area contributed by atoms with E-state index in [4.69, 9.17) is 4.42 Å². The van der Waals surface area contributed by atoms with Crippen molar-refractivity contribution in [3.05, 3.63) is 97.2 Å². The number of benzene rings is 3. The summed E-state index contributed by atoms with van der Waals surface area (Å²) in [6.45, 7) is 0. The summed E-state index contributed by atoms with van der Waals surface area (Å²) in [5, 5.41) is 23.0. The molecule has 2 aromatic heterocycles. The maximum absolute atomic E-state index is 11.6. The largest absolute Gasteiger partial charge is 2.00 e. The second kappa shape index (κ2) is 9.50. The van der Waals surface area contributed by atoms with Gasteiger partial charge in [0.2, 0.25) is 16.8 Å². The maximum atomic E-state index is 11.6. The van der Waals surface area contributed by atoms with Gasteiger partial charge < -0.3 is 14.6 Å². The molecule has 0 aliphatic carbocycles. The molecule has 6 heteroatoms. The fourth-order valence-electron chi connectivity index (χ4n) is 2.94. The Bertz CT molecular complexity index is 1210. The smallest absolute Gasteiger partial charge is 0.872 e. The quantitative estimate of drug-likeness (QED) is 0.434. The molecular weight excluding hydrogens is 373 g/mol. The van der Waals surface area contributed by atoms with Crippen LogP contribution in [0.25, 0.3) is 33.8 Å². The molecule has 0 saturated heterocycles. The maximum Gasteiger partial charge on any atom is 2.00 e. The number of rotatable bonds is 2. The third-order valence-electron chi connectivity index (χ3n) is 4.37. The van der Waals surface area contributed by atoms with Crippen molar-refractivity contribution in [2.75, 3.05) is 0 Å². The number of aromatic amines is 2. The molecule has 0 unspecified atom stereocenters. The van der Waals surface area contributed by atoms with Crippen molar-refractivity contribution in [2.45, 2.75) is 0 Å². The molecule has 3 aromatic carbocycles. The van der Waals surface area contributed by atoms with E-state index in [9.17, 15) is 10.2 Å². The molecule has 0 fully saturated rings. The minimum atomic E-state index is -0.0437. The Morgan fingerprint density at radius 3 is 1.87 bits per heavy atom. The van der Waals surface area contributed by atoms with Gasteiger partial charge in [-0.15, -0.1) is 0 Å². The van der Waals surface area contributed by atoms with Gasteiger partial charge in [-0.1, -0.05) is 60.0 Å². The third kappa shape index (κ3) is 4.54. The van der Waals surface area contributed by atoms with E-state index in [0.29, 0.717) is 17.0 Å². The van der Waals surface area contributed by atoms with Crippen molar-refractivity contribution in [2.24, 2.45) is 0 Å². The van der Waals surface area contributed by atoms with Crippen molar-refractivity contribution in [1.29, 1.82) is 0 Å². The summed E-state index contributed by atoms with van der Waals surface area (Å²) < 4.78 is 5.58. The zero-order valence-corrected chi connectivity index (χ0v) is 16.2. The monoisotopic (exact) mass is 391 g/mol. The van der Waals surface area contributed by atoms with Gasteiger partial charge in [-0.3, -0.25) is 0 Å². The Morgan fingerprint density at radius 1 is 0.633 bits per heavy atom. The van der Waals surface area contributed by atoms with Gasteiger partial charge in [0.25, 0.3) is 0 Å². The van der Waals surface area contributed by atoms with Gasteiger partial charge in [-0.25, -0.2) is 4.98 Å². The number of aromatic nitrogens is 2. The van der Waals surface area contributed by atoms with Crippen LogP contribution in [0.4, 0.5) is 0 Å². The van der Waals surface area contributed by atoms with Gasteiger partial charge in [0, 0.05) is 23.8 Å². The van der Waals surface area contributed by atoms with Crippen molar-refractivity contribution in [3.8, 4) is 34.2 Å².